The molecule has 150 valence electrons. The molecule has 0 spiro atoms. The molecule has 7 nitrogen and oxygen atoms in total. The van der Waals surface area contributed by atoms with E-state index in [0.717, 1.165) is 16.7 Å². The Morgan fingerprint density at radius 3 is 2.29 bits per heavy atom. The average molecular weight is 402 g/mol. The highest BCUT2D eigenvalue weighted by Gasteiger charge is 2.29. The first-order valence-electron chi connectivity index (χ1n) is 9.21. The van der Waals surface area contributed by atoms with Gasteiger partial charge < -0.3 is 10.0 Å². The highest BCUT2D eigenvalue weighted by Crippen LogP contribution is 2.41. The zero-order valence-electron chi connectivity index (χ0n) is 17.2. The van der Waals surface area contributed by atoms with E-state index in [2.05, 4.69) is 62.2 Å². The van der Waals surface area contributed by atoms with Gasteiger partial charge in [-0.15, -0.1) is 5.10 Å². The minimum atomic E-state index is -0.212. The number of nitrogens with zero attached hydrogens (tertiary/aromatic N) is 4. The molecule has 28 heavy (non-hydrogen) atoms. The molecule has 1 aromatic heterocycles. The molecule has 1 aliphatic heterocycles. The number of hydrogen-bond acceptors (Lipinski definition) is 6. The second-order valence-electron chi connectivity index (χ2n) is 9.10. The van der Waals surface area contributed by atoms with E-state index in [9.17, 15) is 9.90 Å². The lowest BCUT2D eigenvalue weighted by atomic mass is 9.78. The minimum absolute atomic E-state index is 0.0379. The molecule has 0 aliphatic carbocycles. The van der Waals surface area contributed by atoms with Gasteiger partial charge >= 0.3 is 0 Å². The molecular weight excluding hydrogens is 374 g/mol. The molecule has 0 radical (unpaired) electrons. The van der Waals surface area contributed by atoms with Crippen molar-refractivity contribution in [3.8, 4) is 5.75 Å². The van der Waals surface area contributed by atoms with Gasteiger partial charge in [0.05, 0.1) is 17.3 Å². The summed E-state index contributed by atoms with van der Waals surface area (Å²) >= 11 is 1.50. The summed E-state index contributed by atoms with van der Waals surface area (Å²) in [7, 11) is 0. The molecule has 0 atom stereocenters. The maximum Gasteiger partial charge on any atom is 0.261 e. The van der Waals surface area contributed by atoms with Crippen molar-refractivity contribution in [3.05, 3.63) is 39.6 Å². The highest BCUT2D eigenvalue weighted by molar-refractivity contribution is 8.04. The van der Waals surface area contributed by atoms with E-state index in [1.165, 1.54) is 11.8 Å². The molecule has 2 heterocycles. The number of aromatic amines is 1. The number of phenols is 1. The number of benzene rings is 1. The van der Waals surface area contributed by atoms with Crippen LogP contribution < -0.4 is 0 Å². The number of amides is 1. The van der Waals surface area contributed by atoms with E-state index in [1.54, 1.807) is 4.90 Å². The van der Waals surface area contributed by atoms with Crippen LogP contribution in [-0.4, -0.2) is 42.4 Å². The smallest absolute Gasteiger partial charge is 0.261 e. The van der Waals surface area contributed by atoms with Crippen LogP contribution in [0.3, 0.4) is 0 Å². The predicted octanol–water partition coefficient (Wildman–Crippen LogP) is 3.57. The summed E-state index contributed by atoms with van der Waals surface area (Å²) in [6, 6.07) is 3.96. The molecule has 1 saturated heterocycles. The Bertz CT molecular complexity index is 873. The second-order valence-corrected chi connectivity index (χ2v) is 10.1. The van der Waals surface area contributed by atoms with Crippen LogP contribution in [0.1, 0.15) is 64.1 Å². The summed E-state index contributed by atoms with van der Waals surface area (Å²) in [5.74, 6) is 1.42. The third kappa shape index (κ3) is 4.22. The second kappa shape index (κ2) is 7.24. The number of nitrogens with one attached hydrogen (secondary N) is 1. The largest absolute Gasteiger partial charge is 0.507 e. The lowest BCUT2D eigenvalue weighted by molar-refractivity contribution is -0.125. The third-order valence-electron chi connectivity index (χ3n) is 4.65. The van der Waals surface area contributed by atoms with Crippen molar-refractivity contribution in [1.29, 1.82) is 0 Å². The summed E-state index contributed by atoms with van der Waals surface area (Å²) in [5.41, 5.74) is 2.26. The van der Waals surface area contributed by atoms with E-state index >= 15 is 0 Å². The van der Waals surface area contributed by atoms with E-state index in [-0.39, 0.29) is 16.7 Å². The first kappa shape index (κ1) is 20.4. The van der Waals surface area contributed by atoms with Crippen LogP contribution in [0.25, 0.3) is 6.08 Å². The summed E-state index contributed by atoms with van der Waals surface area (Å²) in [6.07, 6.45) is 1.91. The Balaban J connectivity index is 1.96. The van der Waals surface area contributed by atoms with Gasteiger partial charge in [0.15, 0.2) is 5.82 Å². The lowest BCUT2D eigenvalue weighted by Crippen LogP contribution is -2.25. The minimum Gasteiger partial charge on any atom is -0.507 e. The first-order chi connectivity index (χ1) is 13.0. The van der Waals surface area contributed by atoms with E-state index in [1.807, 2.05) is 18.2 Å². The summed E-state index contributed by atoms with van der Waals surface area (Å²) < 4.78 is 0. The van der Waals surface area contributed by atoms with Crippen LogP contribution in [-0.2, 0) is 22.2 Å². The van der Waals surface area contributed by atoms with E-state index < -0.39 is 0 Å². The average Bonchev–Trinajstić information content (AvgIpc) is 3.19. The van der Waals surface area contributed by atoms with Crippen LogP contribution in [0.15, 0.2) is 17.0 Å². The van der Waals surface area contributed by atoms with Crippen LogP contribution >= 0.6 is 11.8 Å². The zero-order valence-corrected chi connectivity index (χ0v) is 18.0. The standard InChI is InChI=1S/C20H27N5O2S/c1-19(2,3)13-7-12(8-14(17(13)26)20(4,5)6)9-15-18(27)25(11-28-15)10-16-21-23-24-22-16/h7-9,26H,10-11H2,1-6H3,(H,21,22,23,24)/b15-9-. The summed E-state index contributed by atoms with van der Waals surface area (Å²) in [6.45, 7) is 12.8. The van der Waals surface area contributed by atoms with Crippen LogP contribution in [0, 0.1) is 0 Å². The van der Waals surface area contributed by atoms with Gasteiger partial charge in [-0.25, -0.2) is 5.10 Å². The van der Waals surface area contributed by atoms with Crippen molar-refractivity contribution >= 4 is 23.7 Å². The quantitative estimate of drug-likeness (QED) is 0.764. The predicted molar refractivity (Wildman–Crippen MR) is 111 cm³/mol. The molecule has 8 heteroatoms. The molecule has 0 saturated carbocycles. The van der Waals surface area contributed by atoms with Crippen molar-refractivity contribution in [3.63, 3.8) is 0 Å². The topological polar surface area (TPSA) is 95.0 Å². The number of carbonyl (C=O) groups excluding carboxylic acids is 1. The number of tetrazole rings is 1. The lowest BCUT2D eigenvalue weighted by Gasteiger charge is -2.28. The number of rotatable bonds is 3. The normalized spacial score (nSPS) is 17.0. The maximum absolute atomic E-state index is 12.8. The van der Waals surface area contributed by atoms with Gasteiger partial charge in [0, 0.05) is 11.1 Å². The Morgan fingerprint density at radius 1 is 1.18 bits per heavy atom. The van der Waals surface area contributed by atoms with Crippen molar-refractivity contribution in [2.75, 3.05) is 5.88 Å². The van der Waals surface area contributed by atoms with E-state index in [4.69, 9.17) is 0 Å². The summed E-state index contributed by atoms with van der Waals surface area (Å²) in [5, 5.41) is 24.5. The Hall–Kier alpha value is -2.35. The van der Waals surface area contributed by atoms with Gasteiger partial charge in [0.25, 0.3) is 5.91 Å². The van der Waals surface area contributed by atoms with Crippen molar-refractivity contribution in [1.82, 2.24) is 25.5 Å². The number of aromatic hydroxyl groups is 1. The van der Waals surface area contributed by atoms with Gasteiger partial charge in [-0.05, 0) is 45.0 Å². The number of hydrogen-bond donors (Lipinski definition) is 2. The number of H-pyrrole nitrogens is 1. The fourth-order valence-electron chi connectivity index (χ4n) is 3.11. The number of phenolic OH excluding ortho intramolecular Hbond substituents is 1. The number of aromatic nitrogens is 4. The van der Waals surface area contributed by atoms with Gasteiger partial charge in [-0.3, -0.25) is 4.79 Å². The van der Waals surface area contributed by atoms with Gasteiger partial charge in [-0.2, -0.15) is 0 Å². The molecule has 2 N–H and O–H groups in total. The third-order valence-corrected chi connectivity index (χ3v) is 5.69. The van der Waals surface area contributed by atoms with Gasteiger partial charge in [-0.1, -0.05) is 53.3 Å². The molecule has 1 amide bonds. The van der Waals surface area contributed by atoms with Gasteiger partial charge in [0.2, 0.25) is 0 Å². The van der Waals surface area contributed by atoms with Gasteiger partial charge in [0.1, 0.15) is 5.75 Å². The van der Waals surface area contributed by atoms with Crippen molar-refractivity contribution < 1.29 is 9.90 Å². The number of thioether (sulfide) groups is 1. The highest BCUT2D eigenvalue weighted by atomic mass is 32.2. The molecule has 1 fully saturated rings. The maximum atomic E-state index is 12.8. The molecule has 3 rings (SSSR count). The van der Waals surface area contributed by atoms with Crippen LogP contribution in [0.5, 0.6) is 5.75 Å². The van der Waals surface area contributed by atoms with Crippen molar-refractivity contribution in [2.24, 2.45) is 0 Å². The molecule has 0 unspecified atom stereocenters. The number of carbonyl (C=O) groups is 1. The Labute approximate surface area is 169 Å². The van der Waals surface area contributed by atoms with E-state index in [0.29, 0.717) is 28.9 Å². The SMILES string of the molecule is CC(C)(C)c1cc(/C=C2\SCN(Cc3nnn[nH]3)C2=O)cc(C(C)(C)C)c1O. The summed E-state index contributed by atoms with van der Waals surface area (Å²) in [4.78, 5) is 15.2. The fourth-order valence-corrected chi connectivity index (χ4v) is 4.08. The molecular formula is C20H27N5O2S. The Morgan fingerprint density at radius 2 is 1.79 bits per heavy atom. The van der Waals surface area contributed by atoms with Crippen molar-refractivity contribution in [2.45, 2.75) is 58.9 Å². The zero-order chi connectivity index (χ0) is 20.7. The van der Waals surface area contributed by atoms with Crippen LogP contribution in [0.2, 0.25) is 0 Å². The van der Waals surface area contributed by atoms with Crippen LogP contribution in [0.4, 0.5) is 0 Å². The molecule has 1 aromatic carbocycles. The first-order valence-corrected chi connectivity index (χ1v) is 10.2. The monoisotopic (exact) mass is 401 g/mol. The molecule has 1 aliphatic rings. The molecule has 0 bridgehead atoms. The fraction of sp³-hybridized carbons (Fsp3) is 0.500. The molecule has 2 aromatic rings. The Kier molecular flexibility index (Phi) is 5.27.